The number of carbonyl (C=O) groups is 3. The van der Waals surface area contributed by atoms with Crippen LogP contribution in [0.5, 0.6) is 23.0 Å². The van der Waals surface area contributed by atoms with Gasteiger partial charge in [0.1, 0.15) is 6.04 Å². The van der Waals surface area contributed by atoms with Crippen molar-refractivity contribution in [1.82, 2.24) is 15.6 Å². The zero-order valence-corrected chi connectivity index (χ0v) is 23.3. The molecule has 1 aromatic heterocycles. The van der Waals surface area contributed by atoms with Gasteiger partial charge in [-0.3, -0.25) is 14.4 Å². The summed E-state index contributed by atoms with van der Waals surface area (Å²) in [6.45, 7) is 4.13. The Kier molecular flexibility index (Phi) is 9.96. The Bertz CT molecular complexity index is 1450. The summed E-state index contributed by atoms with van der Waals surface area (Å²) in [6.07, 6.45) is 1.28. The number of rotatable bonds is 10. The van der Waals surface area contributed by atoms with Crippen molar-refractivity contribution >= 4 is 23.4 Å². The summed E-state index contributed by atoms with van der Waals surface area (Å²) < 4.78 is 49.5. The third-order valence-electron chi connectivity index (χ3n) is 5.86. The molecule has 0 fully saturated rings. The summed E-state index contributed by atoms with van der Waals surface area (Å²) >= 11 is 0. The molecule has 2 N–H and O–H groups in total. The highest BCUT2D eigenvalue weighted by atomic mass is 19.1. The van der Waals surface area contributed by atoms with Gasteiger partial charge in [-0.05, 0) is 49.2 Å². The standard InChI is InChI=1S/C29H29F2N3O7/c1-15(25(18-7-9-22(38-4)20(30)13-18)19-8-10-23(39-5)21(31)14-19)33-28(36)16(2)34-29(37)26-27(41-17(3)35)24(40-6)11-12-32-26/h7-14,16H,1-6H3,(H,33,36)(H,34,37)/t16-/m0/s1. The first-order chi connectivity index (χ1) is 19.5. The van der Waals surface area contributed by atoms with Gasteiger partial charge in [-0.15, -0.1) is 0 Å². The first-order valence-corrected chi connectivity index (χ1v) is 12.2. The molecule has 3 aromatic rings. The van der Waals surface area contributed by atoms with Crippen LogP contribution >= 0.6 is 0 Å². The Hall–Kier alpha value is -5.00. The van der Waals surface area contributed by atoms with E-state index in [-0.39, 0.29) is 34.4 Å². The van der Waals surface area contributed by atoms with Gasteiger partial charge in [-0.1, -0.05) is 12.1 Å². The van der Waals surface area contributed by atoms with Gasteiger partial charge < -0.3 is 29.6 Å². The van der Waals surface area contributed by atoms with Crippen molar-refractivity contribution < 1.29 is 42.1 Å². The normalized spacial score (nSPS) is 11.1. The zero-order chi connectivity index (χ0) is 30.3. The molecule has 0 saturated carbocycles. The fraction of sp³-hybridized carbons (Fsp3) is 0.241. The number of ether oxygens (including phenoxy) is 4. The van der Waals surface area contributed by atoms with E-state index in [0.717, 1.165) is 6.92 Å². The minimum absolute atomic E-state index is 0.00584. The minimum Gasteiger partial charge on any atom is -0.494 e. The number of nitrogens with zero attached hydrogens (tertiary/aromatic N) is 1. The second-order valence-electron chi connectivity index (χ2n) is 8.67. The number of hydrogen-bond donors (Lipinski definition) is 2. The van der Waals surface area contributed by atoms with Crippen LogP contribution in [0.2, 0.25) is 0 Å². The van der Waals surface area contributed by atoms with Crippen LogP contribution in [0.15, 0.2) is 54.4 Å². The number of methoxy groups -OCH3 is 3. The van der Waals surface area contributed by atoms with Gasteiger partial charge in [0.25, 0.3) is 5.91 Å². The number of nitrogens with one attached hydrogen (secondary N) is 2. The molecule has 0 radical (unpaired) electrons. The van der Waals surface area contributed by atoms with E-state index in [1.165, 1.54) is 64.8 Å². The Balaban J connectivity index is 1.94. The predicted molar refractivity (Wildman–Crippen MR) is 145 cm³/mol. The number of aromatic nitrogens is 1. The number of amides is 2. The maximum atomic E-state index is 14.6. The lowest BCUT2D eigenvalue weighted by Crippen LogP contribution is -2.44. The molecule has 2 aromatic carbocycles. The van der Waals surface area contributed by atoms with Crippen LogP contribution < -0.4 is 29.6 Å². The number of benzene rings is 2. The molecule has 2 amide bonds. The van der Waals surface area contributed by atoms with E-state index in [9.17, 15) is 23.2 Å². The lowest BCUT2D eigenvalue weighted by molar-refractivity contribution is -0.132. The molecule has 10 nitrogen and oxygen atoms in total. The van der Waals surface area contributed by atoms with Crippen LogP contribution in [0.4, 0.5) is 8.78 Å². The van der Waals surface area contributed by atoms with E-state index in [2.05, 4.69) is 15.6 Å². The summed E-state index contributed by atoms with van der Waals surface area (Å²) in [6, 6.07) is 8.62. The van der Waals surface area contributed by atoms with Crippen molar-refractivity contribution in [3.8, 4) is 23.0 Å². The van der Waals surface area contributed by atoms with Crippen LogP contribution in [-0.4, -0.2) is 50.1 Å². The largest absolute Gasteiger partial charge is 0.494 e. The summed E-state index contributed by atoms with van der Waals surface area (Å²) in [5, 5.41) is 5.18. The Morgan fingerprint density at radius 2 is 1.37 bits per heavy atom. The molecule has 41 heavy (non-hydrogen) atoms. The van der Waals surface area contributed by atoms with Gasteiger partial charge in [0.2, 0.25) is 11.7 Å². The Morgan fingerprint density at radius 1 is 0.829 bits per heavy atom. The van der Waals surface area contributed by atoms with Crippen LogP contribution in [-0.2, 0) is 9.59 Å². The first-order valence-electron chi connectivity index (χ1n) is 12.2. The van der Waals surface area contributed by atoms with Crippen molar-refractivity contribution in [2.75, 3.05) is 21.3 Å². The number of hydrogen-bond acceptors (Lipinski definition) is 8. The molecule has 0 bridgehead atoms. The van der Waals surface area contributed by atoms with Crippen molar-refractivity contribution in [2.45, 2.75) is 26.8 Å². The highest BCUT2D eigenvalue weighted by Gasteiger charge is 2.25. The Morgan fingerprint density at radius 3 is 1.83 bits per heavy atom. The summed E-state index contributed by atoms with van der Waals surface area (Å²) in [5.41, 5.74) is 0.939. The molecule has 0 aliphatic carbocycles. The van der Waals surface area contributed by atoms with Gasteiger partial charge in [0, 0.05) is 30.5 Å². The SMILES string of the molecule is COc1ccc(C(=C(C)NC(=O)[C@H](C)NC(=O)c2nccc(OC)c2OC(C)=O)c2ccc(OC)c(F)c2)cc1F. The topological polar surface area (TPSA) is 125 Å². The molecule has 0 aliphatic heterocycles. The highest BCUT2D eigenvalue weighted by Crippen LogP contribution is 2.32. The van der Waals surface area contributed by atoms with Crippen LogP contribution in [0.3, 0.4) is 0 Å². The third-order valence-corrected chi connectivity index (χ3v) is 5.86. The number of carbonyl (C=O) groups excluding carboxylic acids is 3. The molecular weight excluding hydrogens is 540 g/mol. The molecule has 1 atom stereocenters. The van der Waals surface area contributed by atoms with E-state index >= 15 is 0 Å². The molecule has 12 heteroatoms. The molecule has 1 heterocycles. The molecule has 3 rings (SSSR count). The molecule has 0 aliphatic rings. The first kappa shape index (κ1) is 30.5. The maximum Gasteiger partial charge on any atom is 0.308 e. The number of allylic oxidation sites excluding steroid dienone is 1. The van der Waals surface area contributed by atoms with E-state index in [1.54, 1.807) is 19.1 Å². The van der Waals surface area contributed by atoms with Crippen molar-refractivity contribution in [2.24, 2.45) is 0 Å². The summed E-state index contributed by atoms with van der Waals surface area (Å²) in [7, 11) is 3.98. The van der Waals surface area contributed by atoms with Crippen LogP contribution in [0.1, 0.15) is 42.4 Å². The smallest absolute Gasteiger partial charge is 0.308 e. The molecule has 0 unspecified atom stereocenters. The Labute approximate surface area is 235 Å². The predicted octanol–water partition coefficient (Wildman–Crippen LogP) is 4.02. The second-order valence-corrected chi connectivity index (χ2v) is 8.67. The van der Waals surface area contributed by atoms with Crippen LogP contribution in [0.25, 0.3) is 5.57 Å². The van der Waals surface area contributed by atoms with Crippen LogP contribution in [0, 0.1) is 11.6 Å². The van der Waals surface area contributed by atoms with Gasteiger partial charge in [0.05, 0.1) is 21.3 Å². The fourth-order valence-electron chi connectivity index (χ4n) is 3.92. The van der Waals surface area contributed by atoms with E-state index in [0.29, 0.717) is 16.7 Å². The lowest BCUT2D eigenvalue weighted by atomic mass is 9.95. The van der Waals surface area contributed by atoms with Gasteiger partial charge >= 0.3 is 5.97 Å². The van der Waals surface area contributed by atoms with Crippen molar-refractivity contribution in [1.29, 1.82) is 0 Å². The third kappa shape index (κ3) is 7.15. The summed E-state index contributed by atoms with van der Waals surface area (Å²) in [4.78, 5) is 41.6. The van der Waals surface area contributed by atoms with Gasteiger partial charge in [-0.25, -0.2) is 13.8 Å². The molecule has 0 spiro atoms. The molecule has 0 saturated heterocycles. The maximum absolute atomic E-state index is 14.6. The monoisotopic (exact) mass is 569 g/mol. The number of halogens is 2. The lowest BCUT2D eigenvalue weighted by Gasteiger charge is -2.19. The molecular formula is C29H29F2N3O7. The van der Waals surface area contributed by atoms with Gasteiger partial charge in [-0.2, -0.15) is 0 Å². The van der Waals surface area contributed by atoms with Gasteiger partial charge in [0.15, 0.2) is 34.6 Å². The average molecular weight is 570 g/mol. The van der Waals surface area contributed by atoms with E-state index < -0.39 is 35.5 Å². The summed E-state index contributed by atoms with van der Waals surface area (Å²) in [5.74, 6) is -3.57. The average Bonchev–Trinajstić information content (AvgIpc) is 2.93. The van der Waals surface area contributed by atoms with E-state index in [1.807, 2.05) is 0 Å². The molecule has 216 valence electrons. The quantitative estimate of drug-likeness (QED) is 0.351. The zero-order valence-electron chi connectivity index (χ0n) is 23.3. The highest BCUT2D eigenvalue weighted by molar-refractivity contribution is 5.99. The number of esters is 1. The second kappa shape index (κ2) is 13.4. The van der Waals surface area contributed by atoms with Crippen molar-refractivity contribution in [3.05, 3.63) is 82.8 Å². The van der Waals surface area contributed by atoms with Crippen molar-refractivity contribution in [3.63, 3.8) is 0 Å². The van der Waals surface area contributed by atoms with E-state index in [4.69, 9.17) is 18.9 Å². The minimum atomic E-state index is -1.11. The fourth-order valence-corrected chi connectivity index (χ4v) is 3.92. The number of pyridine rings is 1.